The second kappa shape index (κ2) is 5.58. The summed E-state index contributed by atoms with van der Waals surface area (Å²) >= 11 is 0. The van der Waals surface area contributed by atoms with Crippen molar-refractivity contribution in [3.63, 3.8) is 0 Å². The SMILES string of the molecule is O=C(O)C1OC2(c3ccccc3)CN(c3ccccc3O)C(=O)C1O2. The number of carbonyl (C=O) groups is 2. The molecule has 2 aromatic rings. The number of anilines is 1. The van der Waals surface area contributed by atoms with Gasteiger partial charge in [-0.2, -0.15) is 0 Å². The topological polar surface area (TPSA) is 96.3 Å². The zero-order valence-corrected chi connectivity index (χ0v) is 13.0. The van der Waals surface area contributed by atoms with Gasteiger partial charge in [0.2, 0.25) is 5.79 Å². The Hall–Kier alpha value is -2.90. The van der Waals surface area contributed by atoms with E-state index in [1.165, 1.54) is 11.0 Å². The number of phenols is 1. The van der Waals surface area contributed by atoms with Crippen LogP contribution in [0.1, 0.15) is 5.56 Å². The molecule has 2 N–H and O–H groups in total. The molecule has 0 radical (unpaired) electrons. The number of amides is 1. The first kappa shape index (κ1) is 15.6. The molecule has 128 valence electrons. The summed E-state index contributed by atoms with van der Waals surface area (Å²) in [5.74, 6) is -3.30. The van der Waals surface area contributed by atoms with Gasteiger partial charge in [-0.25, -0.2) is 4.79 Å². The number of ether oxygens (including phenoxy) is 2. The second-order valence-electron chi connectivity index (χ2n) is 5.95. The van der Waals surface area contributed by atoms with Crippen molar-refractivity contribution in [2.24, 2.45) is 0 Å². The largest absolute Gasteiger partial charge is 0.506 e. The molecule has 7 nitrogen and oxygen atoms in total. The van der Waals surface area contributed by atoms with Crippen LogP contribution in [0.5, 0.6) is 5.75 Å². The summed E-state index contributed by atoms with van der Waals surface area (Å²) in [6.45, 7) is -0.0618. The molecule has 0 saturated carbocycles. The van der Waals surface area contributed by atoms with Crippen LogP contribution in [0.15, 0.2) is 54.6 Å². The highest BCUT2D eigenvalue weighted by Gasteiger charge is 2.60. The zero-order chi connectivity index (χ0) is 17.6. The van der Waals surface area contributed by atoms with Crippen molar-refractivity contribution in [3.05, 3.63) is 60.2 Å². The summed E-state index contributed by atoms with van der Waals surface area (Å²) in [6, 6.07) is 15.3. The Balaban J connectivity index is 1.82. The number of para-hydroxylation sites is 2. The Bertz CT molecular complexity index is 838. The van der Waals surface area contributed by atoms with Crippen LogP contribution in [0.4, 0.5) is 5.69 Å². The van der Waals surface area contributed by atoms with E-state index in [1.54, 1.807) is 42.5 Å². The Morgan fingerprint density at radius 1 is 1.08 bits per heavy atom. The minimum absolute atomic E-state index is 0.0618. The van der Waals surface area contributed by atoms with E-state index in [0.717, 1.165) is 0 Å². The van der Waals surface area contributed by atoms with Crippen LogP contribution in [0.25, 0.3) is 0 Å². The highest BCUT2D eigenvalue weighted by atomic mass is 16.8. The number of aliphatic carboxylic acids is 1. The van der Waals surface area contributed by atoms with E-state index >= 15 is 0 Å². The summed E-state index contributed by atoms with van der Waals surface area (Å²) in [4.78, 5) is 25.6. The molecular formula is C18H15NO6. The van der Waals surface area contributed by atoms with E-state index in [4.69, 9.17) is 9.47 Å². The quantitative estimate of drug-likeness (QED) is 0.877. The number of carbonyl (C=O) groups excluding carboxylic acids is 1. The van der Waals surface area contributed by atoms with E-state index in [-0.39, 0.29) is 18.0 Å². The molecule has 2 aromatic carbocycles. The van der Waals surface area contributed by atoms with Crippen molar-refractivity contribution in [2.75, 3.05) is 11.4 Å². The number of rotatable bonds is 3. The van der Waals surface area contributed by atoms with Gasteiger partial charge in [-0.3, -0.25) is 4.79 Å². The second-order valence-corrected chi connectivity index (χ2v) is 5.95. The maximum absolute atomic E-state index is 12.8. The lowest BCUT2D eigenvalue weighted by Crippen LogP contribution is -2.54. The van der Waals surface area contributed by atoms with E-state index < -0.39 is 29.9 Å². The van der Waals surface area contributed by atoms with Gasteiger partial charge in [0, 0.05) is 5.56 Å². The molecule has 4 rings (SSSR count). The Morgan fingerprint density at radius 2 is 1.76 bits per heavy atom. The van der Waals surface area contributed by atoms with Gasteiger partial charge in [0.1, 0.15) is 5.75 Å². The molecule has 25 heavy (non-hydrogen) atoms. The minimum Gasteiger partial charge on any atom is -0.506 e. The number of phenolic OH excluding ortho intramolecular Hbond substituents is 1. The fraction of sp³-hybridized carbons (Fsp3) is 0.222. The number of fused-ring (bicyclic) bond motifs is 2. The summed E-state index contributed by atoms with van der Waals surface area (Å²) in [7, 11) is 0. The van der Waals surface area contributed by atoms with Crippen molar-refractivity contribution in [3.8, 4) is 5.75 Å². The van der Waals surface area contributed by atoms with Crippen LogP contribution in [0.3, 0.4) is 0 Å². The number of hydrogen-bond donors (Lipinski definition) is 2. The number of carboxylic acids is 1. The highest BCUT2D eigenvalue weighted by Crippen LogP contribution is 2.45. The smallest absolute Gasteiger partial charge is 0.336 e. The van der Waals surface area contributed by atoms with Crippen LogP contribution in [0.2, 0.25) is 0 Å². The van der Waals surface area contributed by atoms with E-state index in [1.807, 2.05) is 6.07 Å². The van der Waals surface area contributed by atoms with Gasteiger partial charge in [0.15, 0.2) is 12.2 Å². The van der Waals surface area contributed by atoms with Gasteiger partial charge in [0.05, 0.1) is 12.2 Å². The first-order valence-corrected chi connectivity index (χ1v) is 7.75. The summed E-state index contributed by atoms with van der Waals surface area (Å²) in [6.07, 6.45) is -2.70. The van der Waals surface area contributed by atoms with E-state index in [0.29, 0.717) is 5.56 Å². The lowest BCUT2D eigenvalue weighted by molar-refractivity contribution is -0.193. The molecule has 2 bridgehead atoms. The summed E-state index contributed by atoms with van der Waals surface area (Å²) in [5, 5.41) is 19.5. The molecule has 3 unspecified atom stereocenters. The molecule has 2 saturated heterocycles. The van der Waals surface area contributed by atoms with Gasteiger partial charge in [-0.05, 0) is 12.1 Å². The molecule has 0 spiro atoms. The summed E-state index contributed by atoms with van der Waals surface area (Å²) in [5.41, 5.74) is 0.896. The Labute approximate surface area is 143 Å². The minimum atomic E-state index is -1.41. The number of nitrogens with zero attached hydrogens (tertiary/aromatic N) is 1. The van der Waals surface area contributed by atoms with Gasteiger partial charge in [-0.1, -0.05) is 42.5 Å². The maximum atomic E-state index is 12.8. The van der Waals surface area contributed by atoms with Crippen LogP contribution in [-0.4, -0.2) is 40.8 Å². The van der Waals surface area contributed by atoms with Gasteiger partial charge >= 0.3 is 5.97 Å². The van der Waals surface area contributed by atoms with Gasteiger partial charge in [-0.15, -0.1) is 0 Å². The lowest BCUT2D eigenvalue weighted by atomic mass is 10.0. The lowest BCUT2D eigenvalue weighted by Gasteiger charge is -2.38. The third kappa shape index (κ3) is 2.36. The number of hydrogen-bond acceptors (Lipinski definition) is 5. The summed E-state index contributed by atoms with van der Waals surface area (Å²) < 4.78 is 11.5. The van der Waals surface area contributed by atoms with Crippen LogP contribution >= 0.6 is 0 Å². The highest BCUT2D eigenvalue weighted by molar-refractivity contribution is 6.02. The standard InChI is InChI=1S/C18H15NO6/c20-13-9-5-4-8-12(13)19-10-18(11-6-2-1-3-7-11)24-14(16(19)21)15(25-18)17(22)23/h1-9,14-15,20H,10H2,(H,22,23). The third-order valence-corrected chi connectivity index (χ3v) is 4.41. The van der Waals surface area contributed by atoms with Gasteiger partial charge in [0.25, 0.3) is 5.91 Å². The van der Waals surface area contributed by atoms with Crippen molar-refractivity contribution in [1.29, 1.82) is 0 Å². The first-order chi connectivity index (χ1) is 12.0. The van der Waals surface area contributed by atoms with Crippen molar-refractivity contribution < 1.29 is 29.3 Å². The molecular weight excluding hydrogens is 326 g/mol. The van der Waals surface area contributed by atoms with Crippen molar-refractivity contribution >= 4 is 17.6 Å². The van der Waals surface area contributed by atoms with Crippen LogP contribution < -0.4 is 4.90 Å². The van der Waals surface area contributed by atoms with Crippen LogP contribution in [-0.2, 0) is 24.8 Å². The molecule has 0 aromatic heterocycles. The number of morpholine rings is 1. The Morgan fingerprint density at radius 3 is 2.44 bits per heavy atom. The molecule has 2 aliphatic rings. The fourth-order valence-electron chi connectivity index (χ4n) is 3.25. The van der Waals surface area contributed by atoms with Crippen LogP contribution in [0, 0.1) is 0 Å². The van der Waals surface area contributed by atoms with Gasteiger partial charge < -0.3 is 24.6 Å². The molecule has 2 heterocycles. The Kier molecular flexibility index (Phi) is 3.48. The van der Waals surface area contributed by atoms with E-state index in [9.17, 15) is 19.8 Å². The molecule has 3 atom stereocenters. The predicted molar refractivity (Wildman–Crippen MR) is 86.0 cm³/mol. The van der Waals surface area contributed by atoms with Crippen molar-refractivity contribution in [2.45, 2.75) is 18.0 Å². The maximum Gasteiger partial charge on any atom is 0.336 e. The number of benzene rings is 2. The molecule has 0 aliphatic carbocycles. The fourth-order valence-corrected chi connectivity index (χ4v) is 3.25. The monoisotopic (exact) mass is 341 g/mol. The molecule has 2 fully saturated rings. The first-order valence-electron chi connectivity index (χ1n) is 7.75. The predicted octanol–water partition coefficient (Wildman–Crippen LogP) is 1.46. The molecule has 1 amide bonds. The average Bonchev–Trinajstić information content (AvgIpc) is 2.97. The zero-order valence-electron chi connectivity index (χ0n) is 13.0. The molecule has 7 heteroatoms. The molecule has 2 aliphatic heterocycles. The number of aromatic hydroxyl groups is 1. The third-order valence-electron chi connectivity index (χ3n) is 4.41. The van der Waals surface area contributed by atoms with E-state index in [2.05, 4.69) is 0 Å². The van der Waals surface area contributed by atoms with Crippen molar-refractivity contribution in [1.82, 2.24) is 0 Å². The normalized spacial score (nSPS) is 28.2. The number of carboxylic acid groups (broad SMARTS) is 1. The average molecular weight is 341 g/mol.